The van der Waals surface area contributed by atoms with Gasteiger partial charge >= 0.3 is 6.02 Å². The zero-order valence-electron chi connectivity index (χ0n) is 12.4. The van der Waals surface area contributed by atoms with E-state index in [9.17, 15) is 10.1 Å². The molecular formula is C13H27N3O3. The minimum absolute atomic E-state index is 0.167. The molecule has 0 radical (unpaired) electrons. The molecule has 0 spiro atoms. The van der Waals surface area contributed by atoms with Gasteiger partial charge in [-0.25, -0.2) is 10.1 Å². The molecule has 0 aliphatic rings. The third kappa shape index (κ3) is 9.27. The summed E-state index contributed by atoms with van der Waals surface area (Å²) in [7, 11) is 0. The first kappa shape index (κ1) is 17.7. The van der Waals surface area contributed by atoms with E-state index in [0.29, 0.717) is 6.61 Å². The van der Waals surface area contributed by atoms with Gasteiger partial charge in [0.2, 0.25) is 0 Å². The number of hydrogen-bond donors (Lipinski definition) is 0. The number of hydrogen-bond acceptors (Lipinski definition) is 3. The summed E-state index contributed by atoms with van der Waals surface area (Å²) in [6.45, 7) is 8.25. The first-order chi connectivity index (χ1) is 9.15. The Labute approximate surface area is 116 Å². The molecule has 6 heteroatoms. The van der Waals surface area contributed by atoms with Crippen LogP contribution in [0, 0.1) is 10.1 Å². The van der Waals surface area contributed by atoms with Gasteiger partial charge in [-0.05, 0) is 19.3 Å². The second kappa shape index (κ2) is 11.7. The fraction of sp³-hybridized carbons (Fsp3) is 0.923. The summed E-state index contributed by atoms with van der Waals surface area (Å²) >= 11 is 0. The Morgan fingerprint density at radius 2 is 1.63 bits per heavy atom. The van der Waals surface area contributed by atoms with Crippen LogP contribution < -0.4 is 0 Å². The number of ether oxygens (including phenoxy) is 1. The molecule has 112 valence electrons. The van der Waals surface area contributed by atoms with Crippen LogP contribution in [-0.4, -0.2) is 35.7 Å². The lowest BCUT2D eigenvalue weighted by Crippen LogP contribution is -2.35. The Hall–Kier alpha value is -1.33. The quantitative estimate of drug-likeness (QED) is 0.201. The smallest absolute Gasteiger partial charge is 0.361 e. The van der Waals surface area contributed by atoms with Crippen LogP contribution in [0.3, 0.4) is 0 Å². The van der Waals surface area contributed by atoms with Crippen molar-refractivity contribution >= 4 is 6.02 Å². The van der Waals surface area contributed by atoms with Gasteiger partial charge in [-0.3, -0.25) is 0 Å². The van der Waals surface area contributed by atoms with Crippen LogP contribution >= 0.6 is 0 Å². The molecule has 0 atom stereocenters. The monoisotopic (exact) mass is 273 g/mol. The Balaban J connectivity index is 4.63. The van der Waals surface area contributed by atoms with Gasteiger partial charge in [0.25, 0.3) is 0 Å². The topological polar surface area (TPSA) is 68.0 Å². The largest absolute Gasteiger partial charge is 0.461 e. The van der Waals surface area contributed by atoms with Crippen LogP contribution in [0.25, 0.3) is 0 Å². The lowest BCUT2D eigenvalue weighted by atomic mass is 10.3. The molecule has 0 N–H and O–H groups in total. The molecule has 0 aromatic heterocycles. The SMILES string of the molecule is CCCCO/C(=N\[N+](=O)[O-])N(CCCC)CCCC. The van der Waals surface area contributed by atoms with E-state index in [1.54, 1.807) is 0 Å². The van der Waals surface area contributed by atoms with E-state index >= 15 is 0 Å². The summed E-state index contributed by atoms with van der Waals surface area (Å²) in [5, 5.41) is 13.3. The van der Waals surface area contributed by atoms with E-state index in [1.165, 1.54) is 0 Å². The Bertz CT molecular complexity index is 262. The molecule has 0 unspecified atom stereocenters. The van der Waals surface area contributed by atoms with Gasteiger partial charge in [-0.15, -0.1) is 0 Å². The van der Waals surface area contributed by atoms with E-state index in [0.717, 1.165) is 51.6 Å². The summed E-state index contributed by atoms with van der Waals surface area (Å²) in [4.78, 5) is 12.5. The molecule has 0 aliphatic heterocycles. The predicted molar refractivity (Wildman–Crippen MR) is 76.7 cm³/mol. The maximum absolute atomic E-state index is 10.6. The zero-order chi connectivity index (χ0) is 14.5. The van der Waals surface area contributed by atoms with Gasteiger partial charge in [0, 0.05) is 13.1 Å². The van der Waals surface area contributed by atoms with E-state index in [4.69, 9.17) is 4.74 Å². The number of nitrogens with zero attached hydrogens (tertiary/aromatic N) is 3. The molecule has 0 fully saturated rings. The van der Waals surface area contributed by atoms with Gasteiger partial charge in [0.15, 0.2) is 5.03 Å². The minimum atomic E-state index is -0.674. The molecule has 0 bridgehead atoms. The molecule has 0 rings (SSSR count). The number of amidine groups is 1. The second-order valence-electron chi connectivity index (χ2n) is 4.52. The summed E-state index contributed by atoms with van der Waals surface area (Å²) < 4.78 is 5.48. The van der Waals surface area contributed by atoms with Crippen LogP contribution in [0.1, 0.15) is 59.3 Å². The fourth-order valence-electron chi connectivity index (χ4n) is 1.56. The van der Waals surface area contributed by atoms with Crippen molar-refractivity contribution in [3.63, 3.8) is 0 Å². The second-order valence-corrected chi connectivity index (χ2v) is 4.52. The van der Waals surface area contributed by atoms with Crippen molar-refractivity contribution in [1.29, 1.82) is 0 Å². The molecule has 6 nitrogen and oxygen atoms in total. The van der Waals surface area contributed by atoms with E-state index < -0.39 is 5.03 Å². The molecule has 0 saturated carbocycles. The molecule has 0 saturated heterocycles. The van der Waals surface area contributed by atoms with Crippen LogP contribution in [0.4, 0.5) is 0 Å². The summed E-state index contributed by atoms with van der Waals surface area (Å²) in [6, 6.07) is 0.167. The Kier molecular flexibility index (Phi) is 10.9. The van der Waals surface area contributed by atoms with Crippen molar-refractivity contribution in [1.82, 2.24) is 4.90 Å². The van der Waals surface area contributed by atoms with Crippen LogP contribution in [0.5, 0.6) is 0 Å². The van der Waals surface area contributed by atoms with Crippen molar-refractivity contribution in [3.05, 3.63) is 10.1 Å². The summed E-state index contributed by atoms with van der Waals surface area (Å²) in [5.41, 5.74) is 0. The summed E-state index contributed by atoms with van der Waals surface area (Å²) in [6.07, 6.45) is 5.93. The maximum atomic E-state index is 10.6. The lowest BCUT2D eigenvalue weighted by Gasteiger charge is -2.23. The first-order valence-electron chi connectivity index (χ1n) is 7.26. The van der Waals surface area contributed by atoms with E-state index in [1.807, 2.05) is 4.90 Å². The highest BCUT2D eigenvalue weighted by Crippen LogP contribution is 2.04. The molecule has 0 aliphatic carbocycles. The number of nitro groups is 1. The third-order valence-corrected chi connectivity index (χ3v) is 2.73. The van der Waals surface area contributed by atoms with E-state index in [-0.39, 0.29) is 6.02 Å². The Morgan fingerprint density at radius 1 is 1.11 bits per heavy atom. The Morgan fingerprint density at radius 3 is 2.05 bits per heavy atom. The third-order valence-electron chi connectivity index (χ3n) is 2.73. The van der Waals surface area contributed by atoms with Gasteiger partial charge in [-0.2, -0.15) is 0 Å². The predicted octanol–water partition coefficient (Wildman–Crippen LogP) is 3.25. The number of rotatable bonds is 10. The fourth-order valence-corrected chi connectivity index (χ4v) is 1.56. The van der Waals surface area contributed by atoms with Crippen molar-refractivity contribution in [2.75, 3.05) is 19.7 Å². The average Bonchev–Trinajstić information content (AvgIpc) is 2.38. The lowest BCUT2D eigenvalue weighted by molar-refractivity contribution is -0.487. The highest BCUT2D eigenvalue weighted by atomic mass is 16.7. The van der Waals surface area contributed by atoms with Gasteiger partial charge in [-0.1, -0.05) is 40.0 Å². The maximum Gasteiger partial charge on any atom is 0.361 e. The van der Waals surface area contributed by atoms with Gasteiger partial charge in [0.05, 0.1) is 6.61 Å². The minimum Gasteiger partial charge on any atom is -0.461 e. The van der Waals surface area contributed by atoms with Crippen molar-refractivity contribution in [2.45, 2.75) is 59.3 Å². The highest BCUT2D eigenvalue weighted by molar-refractivity contribution is 5.73. The summed E-state index contributed by atoms with van der Waals surface area (Å²) in [5.74, 6) is 0. The van der Waals surface area contributed by atoms with Crippen molar-refractivity contribution in [2.24, 2.45) is 5.10 Å². The van der Waals surface area contributed by atoms with Crippen molar-refractivity contribution < 1.29 is 9.77 Å². The molecule has 0 heterocycles. The van der Waals surface area contributed by atoms with Crippen molar-refractivity contribution in [3.8, 4) is 0 Å². The number of unbranched alkanes of at least 4 members (excludes halogenated alkanes) is 3. The first-order valence-corrected chi connectivity index (χ1v) is 7.26. The average molecular weight is 273 g/mol. The van der Waals surface area contributed by atoms with E-state index in [2.05, 4.69) is 25.9 Å². The van der Waals surface area contributed by atoms with Crippen LogP contribution in [0.15, 0.2) is 5.10 Å². The highest BCUT2D eigenvalue weighted by Gasteiger charge is 2.16. The molecular weight excluding hydrogens is 246 g/mol. The van der Waals surface area contributed by atoms with Gasteiger partial charge < -0.3 is 9.64 Å². The molecule has 19 heavy (non-hydrogen) atoms. The molecule has 0 aromatic carbocycles. The zero-order valence-corrected chi connectivity index (χ0v) is 12.4. The van der Waals surface area contributed by atoms with Crippen LogP contribution in [0.2, 0.25) is 0 Å². The van der Waals surface area contributed by atoms with Crippen LogP contribution in [-0.2, 0) is 4.74 Å². The standard InChI is InChI=1S/C13H27N3O3/c1-4-7-10-15(11-8-5-2)13(14-16(17)18)19-12-9-6-3/h4-12H2,1-3H3/b14-13-. The molecule has 0 aromatic rings. The normalized spacial score (nSPS) is 11.4. The molecule has 0 amide bonds. The van der Waals surface area contributed by atoms with Gasteiger partial charge in [0.1, 0.15) is 5.10 Å². The number of hydrazone groups is 1.